The summed E-state index contributed by atoms with van der Waals surface area (Å²) >= 11 is 0. The highest BCUT2D eigenvalue weighted by atomic mass is 19.1. The van der Waals surface area contributed by atoms with Gasteiger partial charge in [0.05, 0.1) is 18.1 Å². The summed E-state index contributed by atoms with van der Waals surface area (Å²) in [5.74, 6) is -2.60. The number of carbonyl (C=O) groups is 3. The van der Waals surface area contributed by atoms with Crippen LogP contribution in [0.5, 0.6) is 0 Å². The molecule has 0 saturated carbocycles. The molecule has 1 saturated heterocycles. The molecule has 1 amide bonds. The van der Waals surface area contributed by atoms with Crippen molar-refractivity contribution in [3.8, 4) is 0 Å². The number of esters is 2. The molecule has 7 nitrogen and oxygen atoms in total. The summed E-state index contributed by atoms with van der Waals surface area (Å²) in [4.78, 5) is 38.3. The maximum Gasteiger partial charge on any atom is 0.341 e. The monoisotopic (exact) mass is 380 g/mol. The van der Waals surface area contributed by atoms with Gasteiger partial charge in [-0.3, -0.25) is 9.59 Å². The SMILES string of the molecule is CCOC(=O)[C@H]1CCCN(C(=O)[C@H](C)OC(=O)c2cc(F)cc(C)c2N)C1. The number of amides is 1. The molecular weight excluding hydrogens is 355 g/mol. The first kappa shape index (κ1) is 20.7. The Hall–Kier alpha value is -2.64. The number of nitrogens with zero attached hydrogens (tertiary/aromatic N) is 1. The van der Waals surface area contributed by atoms with Gasteiger partial charge in [0.1, 0.15) is 5.82 Å². The summed E-state index contributed by atoms with van der Waals surface area (Å²) in [5, 5.41) is 0. The number of hydrogen-bond acceptors (Lipinski definition) is 6. The number of ether oxygens (including phenoxy) is 2. The average Bonchev–Trinajstić information content (AvgIpc) is 2.64. The molecule has 0 unspecified atom stereocenters. The van der Waals surface area contributed by atoms with E-state index in [1.165, 1.54) is 17.9 Å². The number of hydrogen-bond donors (Lipinski definition) is 1. The highest BCUT2D eigenvalue weighted by Gasteiger charge is 2.32. The van der Waals surface area contributed by atoms with Crippen molar-refractivity contribution in [1.29, 1.82) is 0 Å². The fourth-order valence-corrected chi connectivity index (χ4v) is 3.08. The third-order valence-electron chi connectivity index (χ3n) is 4.56. The van der Waals surface area contributed by atoms with Crippen molar-refractivity contribution in [3.05, 3.63) is 29.1 Å². The second-order valence-corrected chi connectivity index (χ2v) is 6.61. The summed E-state index contributed by atoms with van der Waals surface area (Å²) in [6.45, 7) is 5.72. The van der Waals surface area contributed by atoms with Crippen molar-refractivity contribution >= 4 is 23.5 Å². The van der Waals surface area contributed by atoms with Crippen LogP contribution in [0.1, 0.15) is 42.6 Å². The molecule has 1 aromatic rings. The van der Waals surface area contributed by atoms with Gasteiger partial charge in [-0.2, -0.15) is 0 Å². The Kier molecular flexibility index (Phi) is 6.76. The number of halogens is 1. The molecule has 2 atom stereocenters. The van der Waals surface area contributed by atoms with Gasteiger partial charge in [-0.25, -0.2) is 9.18 Å². The van der Waals surface area contributed by atoms with Crippen LogP contribution < -0.4 is 5.73 Å². The van der Waals surface area contributed by atoms with Gasteiger partial charge in [0.15, 0.2) is 6.10 Å². The lowest BCUT2D eigenvalue weighted by Gasteiger charge is -2.33. The Balaban J connectivity index is 2.03. The predicted octanol–water partition coefficient (Wildman–Crippen LogP) is 2.06. The van der Waals surface area contributed by atoms with Crippen LogP contribution in [-0.2, 0) is 19.1 Å². The van der Waals surface area contributed by atoms with Crippen LogP contribution in [-0.4, -0.2) is 48.5 Å². The van der Waals surface area contributed by atoms with E-state index in [1.807, 2.05) is 0 Å². The Morgan fingerprint density at radius 2 is 2.07 bits per heavy atom. The van der Waals surface area contributed by atoms with Crippen molar-refractivity contribution in [1.82, 2.24) is 4.90 Å². The third kappa shape index (κ3) is 4.96. The van der Waals surface area contributed by atoms with Crippen LogP contribution >= 0.6 is 0 Å². The largest absolute Gasteiger partial charge is 0.466 e. The number of nitrogens with two attached hydrogens (primary N) is 1. The normalized spacial score (nSPS) is 17.9. The topological polar surface area (TPSA) is 98.9 Å². The van der Waals surface area contributed by atoms with E-state index in [0.29, 0.717) is 24.9 Å². The molecule has 1 aromatic carbocycles. The van der Waals surface area contributed by atoms with Crippen LogP contribution in [0.4, 0.5) is 10.1 Å². The zero-order valence-electron chi connectivity index (χ0n) is 15.8. The van der Waals surface area contributed by atoms with Gasteiger partial charge < -0.3 is 20.1 Å². The summed E-state index contributed by atoms with van der Waals surface area (Å²) in [5.41, 5.74) is 6.22. The number of benzene rings is 1. The first-order valence-electron chi connectivity index (χ1n) is 8.96. The maximum atomic E-state index is 13.6. The van der Waals surface area contributed by atoms with Crippen LogP contribution in [0.2, 0.25) is 0 Å². The van der Waals surface area contributed by atoms with Crippen molar-refractivity contribution < 1.29 is 28.2 Å². The molecule has 27 heavy (non-hydrogen) atoms. The van der Waals surface area contributed by atoms with Crippen molar-refractivity contribution in [3.63, 3.8) is 0 Å². The second-order valence-electron chi connectivity index (χ2n) is 6.61. The number of aryl methyl sites for hydroxylation is 1. The minimum absolute atomic E-state index is 0.112. The van der Waals surface area contributed by atoms with E-state index in [-0.39, 0.29) is 36.3 Å². The van der Waals surface area contributed by atoms with Crippen LogP contribution in [0.15, 0.2) is 12.1 Å². The fraction of sp³-hybridized carbons (Fsp3) is 0.526. The molecule has 1 aliphatic heterocycles. The predicted molar refractivity (Wildman–Crippen MR) is 96.4 cm³/mol. The molecule has 0 spiro atoms. The summed E-state index contributed by atoms with van der Waals surface area (Å²) < 4.78 is 23.8. The molecule has 0 bridgehead atoms. The number of piperidine rings is 1. The Bertz CT molecular complexity index is 737. The summed E-state index contributed by atoms with van der Waals surface area (Å²) in [6.07, 6.45) is 0.225. The lowest BCUT2D eigenvalue weighted by molar-refractivity contribution is -0.152. The van der Waals surface area contributed by atoms with Gasteiger partial charge in [-0.15, -0.1) is 0 Å². The molecule has 0 aromatic heterocycles. The maximum absolute atomic E-state index is 13.6. The highest BCUT2D eigenvalue weighted by molar-refractivity contribution is 5.97. The van der Waals surface area contributed by atoms with E-state index >= 15 is 0 Å². The Morgan fingerprint density at radius 1 is 1.37 bits per heavy atom. The van der Waals surface area contributed by atoms with Gasteiger partial charge >= 0.3 is 11.9 Å². The van der Waals surface area contributed by atoms with E-state index in [1.54, 1.807) is 13.8 Å². The zero-order valence-corrected chi connectivity index (χ0v) is 15.8. The molecule has 2 N–H and O–H groups in total. The molecule has 0 aliphatic carbocycles. The quantitative estimate of drug-likeness (QED) is 0.620. The molecule has 1 fully saturated rings. The number of anilines is 1. The highest BCUT2D eigenvalue weighted by Crippen LogP contribution is 2.22. The van der Waals surface area contributed by atoms with Gasteiger partial charge in [0.25, 0.3) is 5.91 Å². The van der Waals surface area contributed by atoms with Crippen LogP contribution in [0, 0.1) is 18.7 Å². The minimum atomic E-state index is -1.08. The molecular formula is C19H25FN2O5. The van der Waals surface area contributed by atoms with E-state index in [2.05, 4.69) is 0 Å². The van der Waals surface area contributed by atoms with Gasteiger partial charge in [-0.05, 0) is 51.3 Å². The van der Waals surface area contributed by atoms with Gasteiger partial charge in [0.2, 0.25) is 0 Å². The fourth-order valence-electron chi connectivity index (χ4n) is 3.08. The number of carbonyl (C=O) groups excluding carboxylic acids is 3. The molecule has 8 heteroatoms. The van der Waals surface area contributed by atoms with Gasteiger partial charge in [-0.1, -0.05) is 0 Å². The first-order valence-corrected chi connectivity index (χ1v) is 8.96. The molecule has 2 rings (SSSR count). The van der Waals surface area contributed by atoms with E-state index in [9.17, 15) is 18.8 Å². The zero-order chi connectivity index (χ0) is 20.1. The van der Waals surface area contributed by atoms with Crippen molar-refractivity contribution in [2.75, 3.05) is 25.4 Å². The Labute approximate surface area is 157 Å². The van der Waals surface area contributed by atoms with E-state index in [0.717, 1.165) is 6.07 Å². The summed E-state index contributed by atoms with van der Waals surface area (Å²) in [6, 6.07) is 2.20. The number of rotatable bonds is 5. The van der Waals surface area contributed by atoms with Crippen LogP contribution in [0.3, 0.4) is 0 Å². The standard InChI is InChI=1S/C19H25FN2O5/c1-4-26-18(24)13-6-5-7-22(10-13)17(23)12(3)27-19(25)15-9-14(20)8-11(2)16(15)21/h8-9,12-13H,4-7,10,21H2,1-3H3/t12-,13-/m0/s1. The molecule has 0 radical (unpaired) electrons. The minimum Gasteiger partial charge on any atom is -0.466 e. The molecule has 1 heterocycles. The lowest BCUT2D eigenvalue weighted by Crippen LogP contribution is -2.47. The Morgan fingerprint density at radius 3 is 2.74 bits per heavy atom. The molecule has 1 aliphatic rings. The number of nitrogen functional groups attached to an aromatic ring is 1. The number of likely N-dealkylation sites (tertiary alicyclic amines) is 1. The lowest BCUT2D eigenvalue weighted by atomic mass is 9.98. The first-order chi connectivity index (χ1) is 12.7. The van der Waals surface area contributed by atoms with E-state index < -0.39 is 23.8 Å². The van der Waals surface area contributed by atoms with Crippen molar-refractivity contribution in [2.45, 2.75) is 39.7 Å². The molecule has 148 valence electrons. The van der Waals surface area contributed by atoms with Gasteiger partial charge in [0, 0.05) is 18.8 Å². The van der Waals surface area contributed by atoms with Crippen molar-refractivity contribution in [2.24, 2.45) is 5.92 Å². The summed E-state index contributed by atoms with van der Waals surface area (Å²) in [7, 11) is 0. The van der Waals surface area contributed by atoms with Crippen LogP contribution in [0.25, 0.3) is 0 Å². The second kappa shape index (κ2) is 8.83. The average molecular weight is 380 g/mol. The van der Waals surface area contributed by atoms with E-state index in [4.69, 9.17) is 15.2 Å². The smallest absolute Gasteiger partial charge is 0.341 e. The third-order valence-corrected chi connectivity index (χ3v) is 4.56.